The van der Waals surface area contributed by atoms with Crippen molar-refractivity contribution in [3.05, 3.63) is 187 Å². The molecule has 0 atom stereocenters. The van der Waals surface area contributed by atoms with E-state index in [9.17, 15) is 0 Å². The molecule has 1 aliphatic rings. The van der Waals surface area contributed by atoms with Crippen molar-refractivity contribution < 1.29 is 21.1 Å². The molecule has 6 nitrogen and oxygen atoms in total. The summed E-state index contributed by atoms with van der Waals surface area (Å²) >= 11 is 0. The van der Waals surface area contributed by atoms with Crippen molar-refractivity contribution in [3.63, 3.8) is 0 Å². The largest absolute Gasteiger partial charge is 0.456 e. The fraction of sp³-hybridized carbons (Fsp3) is 0.0682. The first-order valence-corrected chi connectivity index (χ1v) is 17.0. The molecule has 0 radical (unpaired) electrons. The van der Waals surface area contributed by atoms with Crippen LogP contribution in [0, 0.1) is 39.6 Å². The molecule has 0 spiro atoms. The van der Waals surface area contributed by atoms with Gasteiger partial charge in [-0.1, -0.05) is 119 Å². The Morgan fingerprint density at radius 1 is 0.615 bits per heavy atom. The SMILES string of the molecule is Cc1cc(C)c(B(c2[c-]c(-c3ncnc(-c4ccccc4)n3)ccc2)c2[c-]c(N3[CH-]N(c4ccccc4)C(c4ccccc4)=N3)ccc2)c(C)c1.[Pt]. The van der Waals surface area contributed by atoms with Gasteiger partial charge in [0.15, 0.2) is 12.5 Å². The third-order valence-corrected chi connectivity index (χ3v) is 9.08. The predicted molar refractivity (Wildman–Crippen MR) is 209 cm³/mol. The van der Waals surface area contributed by atoms with Gasteiger partial charge in [-0.25, -0.2) is 4.98 Å². The summed E-state index contributed by atoms with van der Waals surface area (Å²) in [5.41, 5.74) is 11.6. The van der Waals surface area contributed by atoms with Crippen molar-refractivity contribution in [2.24, 2.45) is 5.10 Å². The first-order chi connectivity index (χ1) is 25.0. The second-order valence-electron chi connectivity index (χ2n) is 12.7. The van der Waals surface area contributed by atoms with E-state index in [1.54, 1.807) is 6.33 Å². The van der Waals surface area contributed by atoms with Gasteiger partial charge in [0.1, 0.15) is 12.2 Å². The van der Waals surface area contributed by atoms with Gasteiger partial charge >= 0.3 is 0 Å². The first kappa shape index (κ1) is 34.8. The Hall–Kier alpha value is -5.65. The average molecular weight is 853 g/mol. The van der Waals surface area contributed by atoms with Gasteiger partial charge in [0.25, 0.3) is 0 Å². The molecule has 0 unspecified atom stereocenters. The van der Waals surface area contributed by atoms with Gasteiger partial charge in [-0.05, 0) is 32.9 Å². The molecule has 0 aliphatic carbocycles. The number of hydrogen-bond acceptors (Lipinski definition) is 6. The van der Waals surface area contributed by atoms with Crippen LogP contribution in [0.5, 0.6) is 0 Å². The average Bonchev–Trinajstić information content (AvgIpc) is 3.63. The van der Waals surface area contributed by atoms with Crippen LogP contribution in [0.15, 0.2) is 151 Å². The minimum absolute atomic E-state index is 0. The van der Waals surface area contributed by atoms with Gasteiger partial charge in [0, 0.05) is 37.9 Å². The number of hydrogen-bond donors (Lipinski definition) is 0. The third kappa shape index (κ3) is 7.10. The maximum Gasteiger partial charge on any atom is 0.198 e. The van der Waals surface area contributed by atoms with E-state index in [-0.39, 0.29) is 27.8 Å². The van der Waals surface area contributed by atoms with E-state index in [0.717, 1.165) is 44.8 Å². The first-order valence-electron chi connectivity index (χ1n) is 17.0. The van der Waals surface area contributed by atoms with E-state index < -0.39 is 0 Å². The quantitative estimate of drug-likeness (QED) is 0.121. The Kier molecular flexibility index (Phi) is 10.2. The Bertz CT molecular complexity index is 2330. The van der Waals surface area contributed by atoms with E-state index in [1.165, 1.54) is 22.2 Å². The van der Waals surface area contributed by atoms with Crippen LogP contribution in [0.4, 0.5) is 11.4 Å². The summed E-state index contributed by atoms with van der Waals surface area (Å²) in [5.74, 6) is 2.05. The zero-order valence-corrected chi connectivity index (χ0v) is 31.3. The van der Waals surface area contributed by atoms with Gasteiger partial charge in [0.05, 0.1) is 5.82 Å². The van der Waals surface area contributed by atoms with E-state index in [1.807, 2.05) is 84.5 Å². The number of rotatable bonds is 8. The Morgan fingerprint density at radius 2 is 1.21 bits per heavy atom. The molecule has 0 saturated heterocycles. The van der Waals surface area contributed by atoms with E-state index in [2.05, 4.69) is 115 Å². The second-order valence-corrected chi connectivity index (χ2v) is 12.7. The molecule has 52 heavy (non-hydrogen) atoms. The van der Waals surface area contributed by atoms with Gasteiger partial charge in [-0.2, -0.15) is 34.2 Å². The molecule has 8 heteroatoms. The molecule has 0 bridgehead atoms. The Morgan fingerprint density at radius 3 is 1.90 bits per heavy atom. The third-order valence-electron chi connectivity index (χ3n) is 9.08. The van der Waals surface area contributed by atoms with Crippen molar-refractivity contribution in [1.82, 2.24) is 15.0 Å². The summed E-state index contributed by atoms with van der Waals surface area (Å²) in [4.78, 5) is 16.0. The standard InChI is InChI=1S/C44H34BN6.Pt/c1-31-25-32(2)41(33(3)26-31)45(37-20-13-19-36(27-37)43-47-29-46-42(48-43)34-15-7-4-8-16-34)38-21-14-24-40(28-38)51-30-50(39-22-11-6-12-23-39)44(49-51)35-17-9-5-10-18-35;/h4-26,29-30H,1-3H3;/q-3;. The van der Waals surface area contributed by atoms with E-state index >= 15 is 0 Å². The van der Waals surface area contributed by atoms with Gasteiger partial charge < -0.3 is 9.91 Å². The van der Waals surface area contributed by atoms with E-state index in [4.69, 9.17) is 10.1 Å². The number of anilines is 2. The summed E-state index contributed by atoms with van der Waals surface area (Å²) in [7, 11) is 0. The van der Waals surface area contributed by atoms with Crippen molar-refractivity contribution >= 4 is 40.3 Å². The van der Waals surface area contributed by atoms with Crippen molar-refractivity contribution in [2.45, 2.75) is 20.8 Å². The number of aryl methyl sites for hydroxylation is 3. The number of nitrogens with zero attached hydrogens (tertiary/aromatic N) is 6. The fourth-order valence-electron chi connectivity index (χ4n) is 6.86. The summed E-state index contributed by atoms with van der Waals surface area (Å²) in [6, 6.07) is 55.1. The zero-order valence-electron chi connectivity index (χ0n) is 29.0. The van der Waals surface area contributed by atoms with Crippen LogP contribution in [0.3, 0.4) is 0 Å². The maximum atomic E-state index is 5.12. The predicted octanol–water partition coefficient (Wildman–Crippen LogP) is 7.05. The van der Waals surface area contributed by atoms with Crippen molar-refractivity contribution in [1.29, 1.82) is 0 Å². The van der Waals surface area contributed by atoms with Crippen LogP contribution in [0.2, 0.25) is 0 Å². The molecule has 1 aromatic heterocycles. The van der Waals surface area contributed by atoms with Crippen LogP contribution >= 0.6 is 0 Å². The Labute approximate surface area is 320 Å². The number of amidine groups is 1. The van der Waals surface area contributed by atoms with Crippen LogP contribution in [0.25, 0.3) is 22.8 Å². The van der Waals surface area contributed by atoms with Crippen molar-refractivity contribution in [2.75, 3.05) is 9.91 Å². The van der Waals surface area contributed by atoms with Crippen molar-refractivity contribution in [3.8, 4) is 22.8 Å². The molecule has 0 amide bonds. The summed E-state index contributed by atoms with van der Waals surface area (Å²) < 4.78 is 0. The van der Waals surface area contributed by atoms with Crippen LogP contribution in [-0.2, 0) is 21.1 Å². The summed E-state index contributed by atoms with van der Waals surface area (Å²) in [5, 5.41) is 7.04. The molecule has 0 saturated carbocycles. The monoisotopic (exact) mass is 852 g/mol. The van der Waals surface area contributed by atoms with E-state index in [0.29, 0.717) is 11.6 Å². The summed E-state index contributed by atoms with van der Waals surface area (Å²) in [6.45, 7) is 8.40. The van der Waals surface area contributed by atoms with Gasteiger partial charge in [-0.3, -0.25) is 9.97 Å². The molecule has 1 aliphatic heterocycles. The molecule has 0 fully saturated rings. The number of aromatic nitrogens is 3. The number of benzene rings is 6. The molecule has 2 heterocycles. The Balaban J connectivity index is 0.00000420. The summed E-state index contributed by atoms with van der Waals surface area (Å²) in [6.07, 6.45) is 1.57. The molecule has 0 N–H and O–H groups in total. The minimum atomic E-state index is -0.161. The number of para-hydroxylation sites is 1. The topological polar surface area (TPSA) is 57.5 Å². The van der Waals surface area contributed by atoms with Crippen LogP contribution < -0.4 is 26.3 Å². The minimum Gasteiger partial charge on any atom is -0.456 e. The molecular formula is C44H34BN6Pt-3. The number of hydrazone groups is 1. The maximum absolute atomic E-state index is 5.12. The second kappa shape index (κ2) is 15.3. The molecule has 8 rings (SSSR count). The van der Waals surface area contributed by atoms with Crippen LogP contribution in [-0.4, -0.2) is 27.5 Å². The van der Waals surface area contributed by atoms with Gasteiger partial charge in [0.2, 0.25) is 0 Å². The van der Waals surface area contributed by atoms with Gasteiger partial charge in [-0.15, -0.1) is 42.6 Å². The molecule has 7 aromatic rings. The van der Waals surface area contributed by atoms with Crippen LogP contribution in [0.1, 0.15) is 22.3 Å². The molecule has 6 aromatic carbocycles. The molecular weight excluding hydrogens is 818 g/mol. The zero-order chi connectivity index (χ0) is 34.7. The molecule has 256 valence electrons. The fourth-order valence-corrected chi connectivity index (χ4v) is 6.86. The normalized spacial score (nSPS) is 12.3. The smallest absolute Gasteiger partial charge is 0.198 e.